The third-order valence-electron chi connectivity index (χ3n) is 2.61. The second-order valence-electron chi connectivity index (χ2n) is 3.82. The fourth-order valence-corrected chi connectivity index (χ4v) is 1.71. The molecule has 0 aromatic heterocycles. The van der Waals surface area contributed by atoms with E-state index in [1.54, 1.807) is 24.3 Å². The summed E-state index contributed by atoms with van der Waals surface area (Å²) < 4.78 is 10.5. The van der Waals surface area contributed by atoms with Gasteiger partial charge in [-0.05, 0) is 25.0 Å². The second kappa shape index (κ2) is 4.99. The normalized spacial score (nSPS) is 19.6. The molecule has 1 aliphatic heterocycles. The molecule has 0 aliphatic carbocycles. The van der Waals surface area contributed by atoms with Gasteiger partial charge in [-0.1, -0.05) is 12.1 Å². The van der Waals surface area contributed by atoms with Gasteiger partial charge in [-0.15, -0.1) is 0 Å². The van der Waals surface area contributed by atoms with Crippen molar-refractivity contribution in [1.29, 1.82) is 0 Å². The van der Waals surface area contributed by atoms with Gasteiger partial charge in [0.2, 0.25) is 0 Å². The van der Waals surface area contributed by atoms with Crippen LogP contribution in [-0.2, 0) is 9.47 Å². The van der Waals surface area contributed by atoms with Crippen LogP contribution in [0.15, 0.2) is 24.3 Å². The van der Waals surface area contributed by atoms with Gasteiger partial charge in [0.25, 0.3) is 0 Å². The molecule has 1 atom stereocenters. The summed E-state index contributed by atoms with van der Waals surface area (Å²) in [7, 11) is 0. The van der Waals surface area contributed by atoms with Gasteiger partial charge >= 0.3 is 5.97 Å². The lowest BCUT2D eigenvalue weighted by Crippen LogP contribution is -2.18. The molecule has 0 saturated carbocycles. The molecule has 1 fully saturated rings. The van der Waals surface area contributed by atoms with Crippen LogP contribution in [0.2, 0.25) is 0 Å². The molecule has 1 aromatic rings. The average molecular weight is 221 g/mol. The third kappa shape index (κ3) is 2.52. The highest BCUT2D eigenvalue weighted by atomic mass is 16.6. The fourth-order valence-electron chi connectivity index (χ4n) is 1.71. The molecule has 0 bridgehead atoms. The molecule has 1 unspecified atom stereocenters. The van der Waals surface area contributed by atoms with E-state index in [4.69, 9.17) is 15.2 Å². The zero-order chi connectivity index (χ0) is 11.4. The van der Waals surface area contributed by atoms with Crippen LogP contribution in [-0.4, -0.2) is 25.3 Å². The Labute approximate surface area is 94.3 Å². The highest BCUT2D eigenvalue weighted by Crippen LogP contribution is 2.15. The lowest BCUT2D eigenvalue weighted by atomic mass is 10.2. The lowest BCUT2D eigenvalue weighted by molar-refractivity contribution is 0.0162. The number of carbonyl (C=O) groups excluding carboxylic acids is 1. The largest absolute Gasteiger partial charge is 0.459 e. The molecular formula is C12H15NO3. The number of nitrogen functional groups attached to an aromatic ring is 1. The zero-order valence-electron chi connectivity index (χ0n) is 9.02. The summed E-state index contributed by atoms with van der Waals surface area (Å²) in [6, 6.07) is 6.89. The van der Waals surface area contributed by atoms with Crippen LogP contribution < -0.4 is 5.73 Å². The first-order valence-electron chi connectivity index (χ1n) is 5.40. The molecule has 0 amide bonds. The van der Waals surface area contributed by atoms with Crippen molar-refractivity contribution in [3.8, 4) is 0 Å². The molecule has 2 N–H and O–H groups in total. The smallest absolute Gasteiger partial charge is 0.340 e. The molecule has 4 heteroatoms. The van der Waals surface area contributed by atoms with Crippen molar-refractivity contribution in [2.24, 2.45) is 0 Å². The number of anilines is 1. The Morgan fingerprint density at radius 1 is 1.50 bits per heavy atom. The number of para-hydroxylation sites is 1. The van der Waals surface area contributed by atoms with Gasteiger partial charge in [0.1, 0.15) is 6.61 Å². The number of carbonyl (C=O) groups is 1. The molecule has 1 saturated heterocycles. The van der Waals surface area contributed by atoms with Crippen LogP contribution in [0.5, 0.6) is 0 Å². The maximum absolute atomic E-state index is 11.7. The van der Waals surface area contributed by atoms with Crippen LogP contribution >= 0.6 is 0 Å². The summed E-state index contributed by atoms with van der Waals surface area (Å²) in [6.45, 7) is 1.07. The van der Waals surface area contributed by atoms with E-state index in [0.717, 1.165) is 19.4 Å². The van der Waals surface area contributed by atoms with E-state index in [-0.39, 0.29) is 12.1 Å². The van der Waals surface area contributed by atoms with Crippen molar-refractivity contribution in [3.63, 3.8) is 0 Å². The third-order valence-corrected chi connectivity index (χ3v) is 2.61. The van der Waals surface area contributed by atoms with E-state index < -0.39 is 0 Å². The number of esters is 1. The highest BCUT2D eigenvalue weighted by Gasteiger charge is 2.18. The van der Waals surface area contributed by atoms with Crippen molar-refractivity contribution >= 4 is 11.7 Å². The van der Waals surface area contributed by atoms with E-state index in [1.165, 1.54) is 0 Å². The number of benzene rings is 1. The first-order valence-corrected chi connectivity index (χ1v) is 5.40. The molecule has 2 rings (SSSR count). The van der Waals surface area contributed by atoms with Crippen molar-refractivity contribution in [3.05, 3.63) is 29.8 Å². The summed E-state index contributed by atoms with van der Waals surface area (Å²) in [4.78, 5) is 11.7. The quantitative estimate of drug-likeness (QED) is 0.622. The summed E-state index contributed by atoms with van der Waals surface area (Å²) >= 11 is 0. The predicted octanol–water partition coefficient (Wildman–Crippen LogP) is 1.60. The minimum Gasteiger partial charge on any atom is -0.459 e. The van der Waals surface area contributed by atoms with Crippen LogP contribution in [0.1, 0.15) is 23.2 Å². The Hall–Kier alpha value is -1.55. The summed E-state index contributed by atoms with van der Waals surface area (Å²) in [5, 5.41) is 0. The first-order chi connectivity index (χ1) is 7.77. The highest BCUT2D eigenvalue weighted by molar-refractivity contribution is 5.94. The monoisotopic (exact) mass is 221 g/mol. The van der Waals surface area contributed by atoms with Crippen molar-refractivity contribution in [1.82, 2.24) is 0 Å². The van der Waals surface area contributed by atoms with Crippen molar-refractivity contribution in [2.75, 3.05) is 18.9 Å². The van der Waals surface area contributed by atoms with Crippen molar-refractivity contribution in [2.45, 2.75) is 18.9 Å². The Kier molecular flexibility index (Phi) is 3.41. The van der Waals surface area contributed by atoms with Gasteiger partial charge in [0.05, 0.1) is 11.7 Å². The molecule has 4 nitrogen and oxygen atoms in total. The molecule has 1 aliphatic rings. The number of nitrogens with two attached hydrogens (primary N) is 1. The Bertz CT molecular complexity index is 372. The summed E-state index contributed by atoms with van der Waals surface area (Å²) in [6.07, 6.45) is 2.04. The second-order valence-corrected chi connectivity index (χ2v) is 3.82. The van der Waals surface area contributed by atoms with E-state index in [0.29, 0.717) is 17.9 Å². The maximum Gasteiger partial charge on any atom is 0.340 e. The first kappa shape index (κ1) is 11.0. The molecule has 0 spiro atoms. The van der Waals surface area contributed by atoms with Gasteiger partial charge in [-0.3, -0.25) is 0 Å². The van der Waals surface area contributed by atoms with Crippen molar-refractivity contribution < 1.29 is 14.3 Å². The van der Waals surface area contributed by atoms with E-state index >= 15 is 0 Å². The number of ether oxygens (including phenoxy) is 2. The Morgan fingerprint density at radius 3 is 3.00 bits per heavy atom. The van der Waals surface area contributed by atoms with Gasteiger partial charge < -0.3 is 15.2 Å². The van der Waals surface area contributed by atoms with Gasteiger partial charge in [0, 0.05) is 12.3 Å². The number of hydrogen-bond acceptors (Lipinski definition) is 4. The molecule has 16 heavy (non-hydrogen) atoms. The van der Waals surface area contributed by atoms with Crippen LogP contribution in [0.25, 0.3) is 0 Å². The number of rotatable bonds is 3. The van der Waals surface area contributed by atoms with Crippen LogP contribution in [0, 0.1) is 0 Å². The van der Waals surface area contributed by atoms with Gasteiger partial charge in [-0.25, -0.2) is 4.79 Å². The minimum atomic E-state index is -0.381. The van der Waals surface area contributed by atoms with Crippen LogP contribution in [0.3, 0.4) is 0 Å². The molecular weight excluding hydrogens is 206 g/mol. The minimum absolute atomic E-state index is 0.0499. The predicted molar refractivity (Wildman–Crippen MR) is 60.1 cm³/mol. The Morgan fingerprint density at radius 2 is 2.31 bits per heavy atom. The average Bonchev–Trinajstić information content (AvgIpc) is 2.79. The molecule has 1 heterocycles. The molecule has 1 aromatic carbocycles. The maximum atomic E-state index is 11.7. The standard InChI is InChI=1S/C12H15NO3/c13-11-6-2-1-5-10(11)12(14)16-8-9-4-3-7-15-9/h1-2,5-6,9H,3-4,7-8,13H2. The zero-order valence-corrected chi connectivity index (χ0v) is 9.02. The van der Waals surface area contributed by atoms with Gasteiger partial charge in [0.15, 0.2) is 0 Å². The lowest BCUT2D eigenvalue weighted by Gasteiger charge is -2.10. The van der Waals surface area contributed by atoms with Crippen LogP contribution in [0.4, 0.5) is 5.69 Å². The SMILES string of the molecule is Nc1ccccc1C(=O)OCC1CCCO1. The fraction of sp³-hybridized carbons (Fsp3) is 0.417. The van der Waals surface area contributed by atoms with E-state index in [9.17, 15) is 4.79 Å². The molecule has 0 radical (unpaired) electrons. The van der Waals surface area contributed by atoms with E-state index in [1.807, 2.05) is 0 Å². The summed E-state index contributed by atoms with van der Waals surface area (Å²) in [5.41, 5.74) is 6.53. The van der Waals surface area contributed by atoms with Gasteiger partial charge in [-0.2, -0.15) is 0 Å². The Balaban J connectivity index is 1.90. The summed E-state index contributed by atoms with van der Waals surface area (Å²) in [5.74, 6) is -0.381. The topological polar surface area (TPSA) is 61.6 Å². The van der Waals surface area contributed by atoms with E-state index in [2.05, 4.69) is 0 Å². The number of hydrogen-bond donors (Lipinski definition) is 1. The molecule has 86 valence electrons.